The molecule has 0 aliphatic carbocycles. The van der Waals surface area contributed by atoms with E-state index in [0.29, 0.717) is 23.6 Å². The van der Waals surface area contributed by atoms with Gasteiger partial charge in [-0.2, -0.15) is 13.2 Å². The Morgan fingerprint density at radius 1 is 1.09 bits per heavy atom. The van der Waals surface area contributed by atoms with Gasteiger partial charge in [-0.25, -0.2) is 8.42 Å². The van der Waals surface area contributed by atoms with Gasteiger partial charge in [-0.3, -0.25) is 14.0 Å². The number of hydrogen-bond donors (Lipinski definition) is 1. The summed E-state index contributed by atoms with van der Waals surface area (Å²) in [4.78, 5) is 14.7. The Kier molecular flexibility index (Phi) is 7.98. The van der Waals surface area contributed by atoms with Gasteiger partial charge in [0.1, 0.15) is 6.54 Å². The van der Waals surface area contributed by atoms with Gasteiger partial charge in [0, 0.05) is 26.2 Å². The SMILES string of the molecule is CS(=O)(=O)N(CC(=O)NCc1cccc(CN2CCOCC2)c1)c1cccc(C(F)(F)F)c1. The number of benzene rings is 2. The van der Waals surface area contributed by atoms with Gasteiger partial charge in [0.15, 0.2) is 0 Å². The number of nitrogens with one attached hydrogen (secondary N) is 1. The summed E-state index contributed by atoms with van der Waals surface area (Å²) in [5, 5.41) is 2.65. The molecule has 1 fully saturated rings. The molecule has 1 aliphatic heterocycles. The molecule has 0 unspecified atom stereocenters. The van der Waals surface area contributed by atoms with Crippen molar-refractivity contribution >= 4 is 21.6 Å². The number of sulfonamides is 1. The fourth-order valence-corrected chi connectivity index (χ4v) is 4.33. The van der Waals surface area contributed by atoms with Crippen molar-refractivity contribution in [1.82, 2.24) is 10.2 Å². The average Bonchev–Trinajstić information content (AvgIpc) is 2.76. The second kappa shape index (κ2) is 10.5. The van der Waals surface area contributed by atoms with E-state index in [0.717, 1.165) is 49.1 Å². The highest BCUT2D eigenvalue weighted by Gasteiger charge is 2.32. The van der Waals surface area contributed by atoms with Crippen LogP contribution >= 0.6 is 0 Å². The summed E-state index contributed by atoms with van der Waals surface area (Å²) in [6.45, 7) is 3.36. The van der Waals surface area contributed by atoms with Crippen molar-refractivity contribution in [1.29, 1.82) is 0 Å². The number of ether oxygens (including phenoxy) is 1. The molecule has 1 aliphatic rings. The Bertz CT molecular complexity index is 1070. The quantitative estimate of drug-likeness (QED) is 0.622. The van der Waals surface area contributed by atoms with Gasteiger partial charge in [-0.05, 0) is 29.3 Å². The number of carbonyl (C=O) groups is 1. The molecule has 0 radical (unpaired) electrons. The minimum atomic E-state index is -4.63. The molecular formula is C22H26F3N3O4S. The van der Waals surface area contributed by atoms with Crippen LogP contribution in [0.3, 0.4) is 0 Å². The van der Waals surface area contributed by atoms with E-state index in [9.17, 15) is 26.4 Å². The van der Waals surface area contributed by atoms with Crippen LogP contribution < -0.4 is 9.62 Å². The molecule has 2 aromatic carbocycles. The fourth-order valence-electron chi connectivity index (χ4n) is 3.48. The zero-order chi connectivity index (χ0) is 24.1. The van der Waals surface area contributed by atoms with E-state index in [-0.39, 0.29) is 12.2 Å². The highest BCUT2D eigenvalue weighted by molar-refractivity contribution is 7.92. The van der Waals surface area contributed by atoms with Crippen molar-refractivity contribution in [3.63, 3.8) is 0 Å². The molecule has 0 spiro atoms. The van der Waals surface area contributed by atoms with Crippen molar-refractivity contribution < 1.29 is 31.1 Å². The Labute approximate surface area is 191 Å². The number of amides is 1. The highest BCUT2D eigenvalue weighted by Crippen LogP contribution is 2.32. The first-order valence-electron chi connectivity index (χ1n) is 10.3. The van der Waals surface area contributed by atoms with Gasteiger partial charge < -0.3 is 10.1 Å². The van der Waals surface area contributed by atoms with Crippen molar-refractivity contribution in [3.8, 4) is 0 Å². The number of rotatable bonds is 8. The first-order valence-corrected chi connectivity index (χ1v) is 12.2. The van der Waals surface area contributed by atoms with Crippen molar-refractivity contribution in [2.24, 2.45) is 0 Å². The molecule has 180 valence electrons. The predicted octanol–water partition coefficient (Wildman–Crippen LogP) is 2.62. The molecule has 7 nitrogen and oxygen atoms in total. The third kappa shape index (κ3) is 7.44. The van der Waals surface area contributed by atoms with E-state index < -0.39 is 34.2 Å². The van der Waals surface area contributed by atoms with Gasteiger partial charge in [-0.1, -0.05) is 30.3 Å². The normalized spacial score (nSPS) is 15.3. The maximum absolute atomic E-state index is 13.0. The third-order valence-electron chi connectivity index (χ3n) is 5.14. The number of alkyl halides is 3. The fraction of sp³-hybridized carbons (Fsp3) is 0.409. The molecule has 11 heteroatoms. The Balaban J connectivity index is 1.64. The van der Waals surface area contributed by atoms with Gasteiger partial charge in [-0.15, -0.1) is 0 Å². The van der Waals surface area contributed by atoms with Crippen LogP contribution in [0.2, 0.25) is 0 Å². The number of morpholine rings is 1. The van der Waals surface area contributed by atoms with Crippen molar-refractivity contribution in [3.05, 3.63) is 65.2 Å². The van der Waals surface area contributed by atoms with Gasteiger partial charge in [0.2, 0.25) is 15.9 Å². The van der Waals surface area contributed by atoms with E-state index >= 15 is 0 Å². The molecule has 0 atom stereocenters. The van der Waals surface area contributed by atoms with Crippen molar-refractivity contribution in [2.45, 2.75) is 19.3 Å². The predicted molar refractivity (Wildman–Crippen MR) is 118 cm³/mol. The van der Waals surface area contributed by atoms with E-state index in [2.05, 4.69) is 10.2 Å². The monoisotopic (exact) mass is 485 g/mol. The Hall–Kier alpha value is -2.63. The topological polar surface area (TPSA) is 79.0 Å². The van der Waals surface area contributed by atoms with Crippen LogP contribution in [-0.4, -0.2) is 58.3 Å². The summed E-state index contributed by atoms with van der Waals surface area (Å²) in [5.74, 6) is -0.628. The molecule has 1 saturated heterocycles. The summed E-state index contributed by atoms with van der Waals surface area (Å²) >= 11 is 0. The lowest BCUT2D eigenvalue weighted by molar-refractivity contribution is -0.137. The van der Waals surface area contributed by atoms with Crippen LogP contribution in [0.15, 0.2) is 48.5 Å². The number of nitrogens with zero attached hydrogens (tertiary/aromatic N) is 2. The molecule has 0 bridgehead atoms. The zero-order valence-corrected chi connectivity index (χ0v) is 19.0. The lowest BCUT2D eigenvalue weighted by Crippen LogP contribution is -2.40. The first-order chi connectivity index (χ1) is 15.5. The van der Waals surface area contributed by atoms with Crippen LogP contribution in [0.25, 0.3) is 0 Å². The zero-order valence-electron chi connectivity index (χ0n) is 18.1. The summed E-state index contributed by atoms with van der Waals surface area (Å²) in [6, 6.07) is 11.5. The summed E-state index contributed by atoms with van der Waals surface area (Å²) in [7, 11) is -3.99. The van der Waals surface area contributed by atoms with E-state index in [1.165, 1.54) is 6.07 Å². The van der Waals surface area contributed by atoms with Crippen LogP contribution in [0.4, 0.5) is 18.9 Å². The van der Waals surface area contributed by atoms with E-state index in [4.69, 9.17) is 4.74 Å². The van der Waals surface area contributed by atoms with E-state index in [1.807, 2.05) is 24.3 Å². The largest absolute Gasteiger partial charge is 0.416 e. The molecule has 1 heterocycles. The lowest BCUT2D eigenvalue weighted by atomic mass is 10.1. The highest BCUT2D eigenvalue weighted by atomic mass is 32.2. The minimum Gasteiger partial charge on any atom is -0.379 e. The number of halogens is 3. The smallest absolute Gasteiger partial charge is 0.379 e. The maximum atomic E-state index is 13.0. The van der Waals surface area contributed by atoms with Gasteiger partial charge in [0.25, 0.3) is 0 Å². The summed E-state index contributed by atoms with van der Waals surface area (Å²) in [5.41, 5.74) is 0.686. The molecule has 33 heavy (non-hydrogen) atoms. The lowest BCUT2D eigenvalue weighted by Gasteiger charge is -2.26. The Morgan fingerprint density at radius 2 is 1.76 bits per heavy atom. The second-order valence-corrected chi connectivity index (χ2v) is 9.71. The average molecular weight is 486 g/mol. The van der Waals surface area contributed by atoms with Crippen LogP contribution in [-0.2, 0) is 38.8 Å². The molecule has 1 N–H and O–H groups in total. The van der Waals surface area contributed by atoms with Gasteiger partial charge in [0.05, 0.1) is 30.7 Å². The third-order valence-corrected chi connectivity index (χ3v) is 6.28. The molecular weight excluding hydrogens is 459 g/mol. The van der Waals surface area contributed by atoms with Crippen molar-refractivity contribution in [2.75, 3.05) is 43.4 Å². The number of carbonyl (C=O) groups excluding carboxylic acids is 1. The van der Waals surface area contributed by atoms with E-state index in [1.54, 1.807) is 0 Å². The maximum Gasteiger partial charge on any atom is 0.416 e. The first kappa shape index (κ1) is 25.0. The molecule has 1 amide bonds. The number of anilines is 1. The minimum absolute atomic E-state index is 0.163. The Morgan fingerprint density at radius 3 is 2.42 bits per heavy atom. The molecule has 0 saturated carbocycles. The molecule has 3 rings (SSSR count). The standard InChI is InChI=1S/C22H26F3N3O4S/c1-33(30,31)28(20-7-3-6-19(13-20)22(23,24)25)16-21(29)26-14-17-4-2-5-18(12-17)15-27-8-10-32-11-9-27/h2-7,12-13H,8-11,14-16H2,1H3,(H,26,29). The molecule has 0 aromatic heterocycles. The second-order valence-electron chi connectivity index (χ2n) is 7.80. The summed E-state index contributed by atoms with van der Waals surface area (Å²) in [6.07, 6.45) is -3.79. The van der Waals surface area contributed by atoms with Gasteiger partial charge >= 0.3 is 6.18 Å². The van der Waals surface area contributed by atoms with Crippen LogP contribution in [0.5, 0.6) is 0 Å². The molecule has 2 aromatic rings. The van der Waals surface area contributed by atoms with Crippen LogP contribution in [0, 0.1) is 0 Å². The summed E-state index contributed by atoms with van der Waals surface area (Å²) < 4.78 is 69.4. The van der Waals surface area contributed by atoms with Crippen LogP contribution in [0.1, 0.15) is 16.7 Å². The number of hydrogen-bond acceptors (Lipinski definition) is 5.